The third kappa shape index (κ3) is 18.5. The Morgan fingerprint density at radius 1 is 0.216 bits per heavy atom. The van der Waals surface area contributed by atoms with Crippen LogP contribution in [0.5, 0.6) is 23.0 Å². The average molecular weight is 1140 g/mol. The van der Waals surface area contributed by atoms with Crippen molar-refractivity contribution < 1.29 is 34.2 Å². The van der Waals surface area contributed by atoms with Gasteiger partial charge in [-0.2, -0.15) is 0 Å². The van der Waals surface area contributed by atoms with Gasteiger partial charge in [-0.25, -0.2) is 0 Å². The molecule has 0 radical (unpaired) electrons. The average Bonchev–Trinajstić information content (AvgIpc) is 3.23. The first kappa shape index (κ1) is 58.9. The van der Waals surface area contributed by atoms with Crippen molar-refractivity contribution >= 4 is 102 Å². The summed E-state index contributed by atoms with van der Waals surface area (Å²) in [5.41, 5.74) is 8.24. The molecule has 0 spiro atoms. The molecule has 6 rings (SSSR count). The van der Waals surface area contributed by atoms with Gasteiger partial charge in [0.2, 0.25) is 0 Å². The van der Waals surface area contributed by atoms with Crippen LogP contribution in [0, 0.1) is 0 Å². The summed E-state index contributed by atoms with van der Waals surface area (Å²) in [6, 6.07) is 50.8. The van der Waals surface area contributed by atoms with Crippen molar-refractivity contribution in [3.05, 3.63) is 146 Å². The highest BCUT2D eigenvalue weighted by Crippen LogP contribution is 2.41. The van der Waals surface area contributed by atoms with E-state index in [9.17, 15) is 0 Å². The summed E-state index contributed by atoms with van der Waals surface area (Å²) in [4.78, 5) is 4.52. The van der Waals surface area contributed by atoms with Crippen LogP contribution in [-0.2, 0) is 16.5 Å². The van der Waals surface area contributed by atoms with Crippen molar-refractivity contribution in [3.63, 3.8) is 0 Å². The van der Waals surface area contributed by atoms with Crippen molar-refractivity contribution in [3.8, 4) is 34.1 Å². The van der Waals surface area contributed by atoms with Gasteiger partial charge in [-0.05, 0) is 263 Å². The van der Waals surface area contributed by atoms with E-state index in [1.165, 1.54) is 0 Å². The van der Waals surface area contributed by atoms with Crippen LogP contribution in [0.25, 0.3) is 11.1 Å². The van der Waals surface area contributed by atoms with Gasteiger partial charge >= 0.3 is 34.2 Å². The Morgan fingerprint density at radius 3 is 0.514 bits per heavy atom. The quantitative estimate of drug-likeness (QED) is 0.0579. The van der Waals surface area contributed by atoms with Crippen LogP contribution in [0.1, 0.15) is 0 Å². The van der Waals surface area contributed by atoms with E-state index in [-0.39, 0.29) is 0 Å². The van der Waals surface area contributed by atoms with Crippen LogP contribution in [0.4, 0.5) is 34.1 Å². The molecular formula is C56H84N2O8Si8. The molecule has 6 aromatic rings. The van der Waals surface area contributed by atoms with E-state index in [2.05, 4.69) is 238 Å². The Hall–Kier alpha value is -4.30. The summed E-state index contributed by atoms with van der Waals surface area (Å²) in [6.45, 7) is 43.4. The van der Waals surface area contributed by atoms with Gasteiger partial charge in [-0.1, -0.05) is 24.3 Å². The van der Waals surface area contributed by atoms with Crippen molar-refractivity contribution in [2.75, 3.05) is 9.80 Å². The maximum atomic E-state index is 6.52. The van der Waals surface area contributed by atoms with E-state index in [1.54, 1.807) is 0 Å². The molecular weight excluding hydrogens is 1050 g/mol. The summed E-state index contributed by atoms with van der Waals surface area (Å²) in [7, 11) is -16.7. The third-order valence-corrected chi connectivity index (χ3v) is 31.2. The molecule has 0 unspecified atom stereocenters. The molecule has 74 heavy (non-hydrogen) atoms. The molecule has 0 N–H and O–H groups in total. The lowest BCUT2D eigenvalue weighted by atomic mass is 10.0. The van der Waals surface area contributed by atoms with E-state index in [1.807, 2.05) is 48.5 Å². The fraction of sp³-hybridized carbons (Fsp3) is 0.357. The Bertz CT molecular complexity index is 2410. The molecule has 0 atom stereocenters. The molecule has 0 aliphatic rings. The van der Waals surface area contributed by atoms with Crippen molar-refractivity contribution in [2.24, 2.45) is 0 Å². The number of benzene rings is 6. The van der Waals surface area contributed by atoms with Gasteiger partial charge in [-0.3, -0.25) is 0 Å². The number of nitrogens with zero attached hydrogens (tertiary/aromatic N) is 2. The zero-order valence-corrected chi connectivity index (χ0v) is 56.0. The number of hydrogen-bond acceptors (Lipinski definition) is 10. The van der Waals surface area contributed by atoms with Gasteiger partial charge in [0.1, 0.15) is 23.0 Å². The molecule has 6 aromatic carbocycles. The third-order valence-electron chi connectivity index (χ3n) is 10.6. The zero-order valence-electron chi connectivity index (χ0n) is 48.0. The highest BCUT2D eigenvalue weighted by atomic mass is 28.5. The SMILES string of the molecule is C[Si](C)(C)O[Si](C)(C)Oc1ccc(N(c2ccc(O[Si](C)(C)O[Si](C)(C)C)cc2)c2ccc(-c3ccc(N(c4ccc(O[Si](C)(C)O[Si](C)(C)C)cc4)c4ccc(O[Si](C)(C)O[Si](C)(C)C)cc4)cc3)cc2)cc1. The minimum Gasteiger partial charge on any atom is -0.521 e. The minimum atomic E-state index is -2.39. The molecule has 0 heterocycles. The lowest BCUT2D eigenvalue weighted by molar-refractivity contribution is 0.396. The summed E-state index contributed by atoms with van der Waals surface area (Å²) in [6.07, 6.45) is 0. The van der Waals surface area contributed by atoms with E-state index >= 15 is 0 Å². The minimum absolute atomic E-state index is 0.804. The Labute approximate surface area is 453 Å². The fourth-order valence-electron chi connectivity index (χ4n) is 9.32. The van der Waals surface area contributed by atoms with Gasteiger partial charge in [-0.15, -0.1) is 0 Å². The lowest BCUT2D eigenvalue weighted by Crippen LogP contribution is -2.47. The smallest absolute Gasteiger partial charge is 0.382 e. The maximum absolute atomic E-state index is 6.52. The molecule has 0 aromatic heterocycles. The number of rotatable bonds is 23. The van der Waals surface area contributed by atoms with Gasteiger partial charge in [0, 0.05) is 34.1 Å². The van der Waals surface area contributed by atoms with Gasteiger partial charge < -0.3 is 44.0 Å². The Kier molecular flexibility index (Phi) is 18.1. The van der Waals surface area contributed by atoms with Crippen LogP contribution in [0.15, 0.2) is 146 Å². The molecule has 10 nitrogen and oxygen atoms in total. The molecule has 0 fully saturated rings. The predicted octanol–water partition coefficient (Wildman–Crippen LogP) is 18.0. The fourth-order valence-corrected chi connectivity index (χ4v) is 36.4. The van der Waals surface area contributed by atoms with E-state index in [4.69, 9.17) is 34.2 Å². The topological polar surface area (TPSA) is 80.3 Å². The van der Waals surface area contributed by atoms with Crippen molar-refractivity contribution in [1.82, 2.24) is 0 Å². The van der Waals surface area contributed by atoms with Gasteiger partial charge in [0.05, 0.1) is 0 Å². The molecule has 0 bridgehead atoms. The Balaban J connectivity index is 1.31. The van der Waals surface area contributed by atoms with Crippen LogP contribution in [-0.4, -0.2) is 67.5 Å². The first-order chi connectivity index (χ1) is 34.0. The molecule has 0 saturated heterocycles. The van der Waals surface area contributed by atoms with E-state index in [0.29, 0.717) is 0 Å². The summed E-state index contributed by atoms with van der Waals surface area (Å²) in [5, 5.41) is 0. The standard InChI is InChI=1S/C56H84N2O8Si8/c1-67(2,3)63-71(13,14)59-53-37-29-49(30-38-53)57(50-31-39-54(40-32-50)60-72(15,16)64-68(4,5)6)47-25-21-45(22-26-47)46-23-27-48(28-24-46)58(51-33-41-55(42-34-51)61-73(17,18)65-69(7,8)9)52-35-43-56(44-36-52)62-74(19,20)66-70(10,11)12/h21-44H,1-20H3. The normalized spacial score (nSPS) is 13.1. The lowest BCUT2D eigenvalue weighted by Gasteiger charge is -2.32. The first-order valence-corrected chi connectivity index (χ1v) is 50.7. The number of anilines is 6. The summed E-state index contributed by atoms with van der Waals surface area (Å²) >= 11 is 0. The zero-order chi connectivity index (χ0) is 54.7. The molecule has 0 amide bonds. The van der Waals surface area contributed by atoms with E-state index in [0.717, 1.165) is 68.2 Å². The molecule has 0 aliphatic carbocycles. The molecule has 398 valence electrons. The van der Waals surface area contributed by atoms with Crippen LogP contribution in [0.3, 0.4) is 0 Å². The Morgan fingerprint density at radius 2 is 0.365 bits per heavy atom. The first-order valence-electron chi connectivity index (χ1n) is 25.8. The van der Waals surface area contributed by atoms with Crippen molar-refractivity contribution in [2.45, 2.75) is 131 Å². The molecule has 18 heteroatoms. The number of hydrogen-bond donors (Lipinski definition) is 0. The summed E-state index contributed by atoms with van der Waals surface area (Å²) in [5.74, 6) is 3.22. The second-order valence-electron chi connectivity index (χ2n) is 24.6. The monoisotopic (exact) mass is 1140 g/mol. The van der Waals surface area contributed by atoms with Gasteiger partial charge in [0.15, 0.2) is 33.3 Å². The highest BCUT2D eigenvalue weighted by Gasteiger charge is 2.36. The maximum Gasteiger partial charge on any atom is 0.382 e. The van der Waals surface area contributed by atoms with Crippen LogP contribution < -0.4 is 27.5 Å². The van der Waals surface area contributed by atoms with Crippen LogP contribution >= 0.6 is 0 Å². The van der Waals surface area contributed by atoms with Crippen molar-refractivity contribution in [1.29, 1.82) is 0 Å². The second-order valence-corrected chi connectivity index (χ2v) is 56.8. The van der Waals surface area contributed by atoms with Gasteiger partial charge in [0.25, 0.3) is 0 Å². The van der Waals surface area contributed by atoms with Crippen LogP contribution in [0.2, 0.25) is 131 Å². The molecule has 0 saturated carbocycles. The van der Waals surface area contributed by atoms with E-state index < -0.39 is 67.5 Å². The predicted molar refractivity (Wildman–Crippen MR) is 331 cm³/mol. The summed E-state index contributed by atoms with van der Waals surface area (Å²) < 4.78 is 52.1. The molecule has 0 aliphatic heterocycles. The largest absolute Gasteiger partial charge is 0.521 e. The highest BCUT2D eigenvalue weighted by molar-refractivity contribution is 6.83. The second kappa shape index (κ2) is 22.7.